The highest BCUT2D eigenvalue weighted by Gasteiger charge is 2.68. The van der Waals surface area contributed by atoms with E-state index in [4.69, 9.17) is 0 Å². The van der Waals surface area contributed by atoms with E-state index in [1.807, 2.05) is 27.7 Å². The summed E-state index contributed by atoms with van der Waals surface area (Å²) in [5, 5.41) is 0. The Morgan fingerprint density at radius 1 is 0.900 bits per heavy atom. The van der Waals surface area contributed by atoms with E-state index in [-0.39, 0.29) is 5.41 Å². The van der Waals surface area contributed by atoms with E-state index >= 15 is 0 Å². The molecule has 0 unspecified atom stereocenters. The van der Waals surface area contributed by atoms with Crippen LogP contribution in [0.2, 0.25) is 0 Å². The van der Waals surface area contributed by atoms with Crippen LogP contribution in [0.15, 0.2) is 23.0 Å². The van der Waals surface area contributed by atoms with E-state index in [0.717, 1.165) is 11.1 Å². The minimum atomic E-state index is -4.92. The van der Waals surface area contributed by atoms with Gasteiger partial charge in [-0.05, 0) is 36.5 Å². The van der Waals surface area contributed by atoms with Gasteiger partial charge in [0.15, 0.2) is 0 Å². The van der Waals surface area contributed by atoms with Gasteiger partial charge in [-0.1, -0.05) is 27.7 Å². The summed E-state index contributed by atoms with van der Waals surface area (Å²) in [4.78, 5) is 13.4. The highest BCUT2D eigenvalue weighted by molar-refractivity contribution is 5.53. The topological polar surface area (TPSA) is 26.9 Å². The van der Waals surface area contributed by atoms with Gasteiger partial charge in [0.1, 0.15) is 0 Å². The fourth-order valence-electron chi connectivity index (χ4n) is 5.72. The summed E-state index contributed by atoms with van der Waals surface area (Å²) in [6.07, 6.45) is -8.32. The predicted molar refractivity (Wildman–Crippen MR) is 98.7 cm³/mol. The van der Waals surface area contributed by atoms with Gasteiger partial charge in [-0.3, -0.25) is 9.48 Å². The molecule has 0 aliphatic heterocycles. The maximum absolute atomic E-state index is 13.7. The number of benzene rings is 1. The molecule has 3 nitrogen and oxygen atoms in total. The SMILES string of the molecule is Cn1c2c(c(=O)n1-c1cc(C(F)(F)F)ccc1C(F)(F)F)[C@@]1(C)CC[C@]2(C)C1(C)C. The number of alkyl halides is 6. The van der Waals surface area contributed by atoms with Crippen LogP contribution in [0.25, 0.3) is 5.69 Å². The molecule has 164 valence electrons. The minimum absolute atomic E-state index is 0.318. The third-order valence-corrected chi connectivity index (χ3v) is 8.08. The van der Waals surface area contributed by atoms with Crippen LogP contribution in [-0.4, -0.2) is 9.36 Å². The van der Waals surface area contributed by atoms with Gasteiger partial charge < -0.3 is 0 Å². The van der Waals surface area contributed by atoms with Crippen molar-refractivity contribution < 1.29 is 26.3 Å². The average Bonchev–Trinajstić information content (AvgIpc) is 3.02. The van der Waals surface area contributed by atoms with E-state index in [1.165, 1.54) is 11.7 Å². The molecule has 9 heteroatoms. The Morgan fingerprint density at radius 2 is 1.47 bits per heavy atom. The van der Waals surface area contributed by atoms with Gasteiger partial charge >= 0.3 is 12.4 Å². The molecule has 1 heterocycles. The van der Waals surface area contributed by atoms with E-state index in [0.29, 0.717) is 35.9 Å². The van der Waals surface area contributed by atoms with Crippen LogP contribution in [0.5, 0.6) is 0 Å². The van der Waals surface area contributed by atoms with Crippen molar-refractivity contribution in [3.63, 3.8) is 0 Å². The van der Waals surface area contributed by atoms with E-state index < -0.39 is 45.6 Å². The second-order valence-electron chi connectivity index (χ2n) is 9.38. The monoisotopic (exact) mass is 432 g/mol. The Balaban J connectivity index is 2.09. The Labute approximate surface area is 169 Å². The van der Waals surface area contributed by atoms with Gasteiger partial charge in [0.05, 0.1) is 22.5 Å². The molecule has 0 saturated heterocycles. The lowest BCUT2D eigenvalue weighted by molar-refractivity contribution is -0.141. The van der Waals surface area contributed by atoms with Crippen molar-refractivity contribution in [3.05, 3.63) is 50.9 Å². The van der Waals surface area contributed by atoms with Crippen molar-refractivity contribution in [3.8, 4) is 5.69 Å². The summed E-state index contributed by atoms with van der Waals surface area (Å²) in [5.74, 6) is 0. The molecular weight excluding hydrogens is 410 g/mol. The van der Waals surface area contributed by atoms with Crippen molar-refractivity contribution >= 4 is 0 Å². The molecule has 1 saturated carbocycles. The highest BCUT2D eigenvalue weighted by atomic mass is 19.4. The number of nitrogens with zero attached hydrogens (tertiary/aromatic N) is 2. The number of hydrogen-bond acceptors (Lipinski definition) is 1. The zero-order chi connectivity index (χ0) is 22.7. The molecule has 2 aliphatic carbocycles. The third kappa shape index (κ3) is 2.26. The summed E-state index contributed by atoms with van der Waals surface area (Å²) >= 11 is 0. The van der Waals surface area contributed by atoms with Crippen LogP contribution in [-0.2, 0) is 30.2 Å². The van der Waals surface area contributed by atoms with Crippen molar-refractivity contribution in [1.82, 2.24) is 9.36 Å². The molecule has 0 N–H and O–H groups in total. The van der Waals surface area contributed by atoms with Crippen LogP contribution in [0.1, 0.15) is 62.9 Å². The molecular formula is C21H22F6N2O. The molecule has 2 aromatic rings. The zero-order valence-electron chi connectivity index (χ0n) is 17.2. The fraction of sp³-hybridized carbons (Fsp3) is 0.571. The maximum atomic E-state index is 13.7. The number of fused-ring (bicyclic) bond motifs is 5. The van der Waals surface area contributed by atoms with Gasteiger partial charge in [-0.25, -0.2) is 4.68 Å². The van der Waals surface area contributed by atoms with Crippen molar-refractivity contribution in [2.45, 2.75) is 63.7 Å². The number of hydrogen-bond donors (Lipinski definition) is 0. The summed E-state index contributed by atoms with van der Waals surface area (Å²) < 4.78 is 82.9. The van der Waals surface area contributed by atoms with Gasteiger partial charge in [0.25, 0.3) is 5.56 Å². The van der Waals surface area contributed by atoms with E-state index in [1.54, 1.807) is 0 Å². The second kappa shape index (κ2) is 5.53. The Bertz CT molecular complexity index is 1120. The van der Waals surface area contributed by atoms with Crippen molar-refractivity contribution in [2.75, 3.05) is 0 Å². The first-order chi connectivity index (χ1) is 13.5. The maximum Gasteiger partial charge on any atom is 0.418 e. The summed E-state index contributed by atoms with van der Waals surface area (Å²) in [6.45, 7) is 7.97. The average molecular weight is 432 g/mol. The Kier molecular flexibility index (Phi) is 3.88. The van der Waals surface area contributed by atoms with Gasteiger partial charge in [-0.15, -0.1) is 0 Å². The largest absolute Gasteiger partial charge is 0.418 e. The van der Waals surface area contributed by atoms with Crippen LogP contribution in [0, 0.1) is 5.41 Å². The standard InChI is InChI=1S/C21H22F6N2O/c1-17(2)18(3)8-9-19(17,4)15-14(18)16(30)29(28(15)5)13-10-11(20(22,23)24)6-7-12(13)21(25,26)27/h6-7,10H,8-9H2,1-5H3/t18-,19+/m1/s1. The second-order valence-corrected chi connectivity index (χ2v) is 9.38. The molecule has 30 heavy (non-hydrogen) atoms. The molecule has 1 fully saturated rings. The van der Waals surface area contributed by atoms with E-state index in [2.05, 4.69) is 0 Å². The normalized spacial score (nSPS) is 27.6. The first-order valence-electron chi connectivity index (χ1n) is 9.60. The van der Waals surface area contributed by atoms with Crippen LogP contribution in [0.4, 0.5) is 26.3 Å². The summed E-state index contributed by atoms with van der Waals surface area (Å²) in [5.41, 5.74) is -4.35. The molecule has 2 atom stereocenters. The number of rotatable bonds is 1. The summed E-state index contributed by atoms with van der Waals surface area (Å²) in [7, 11) is 1.45. The Hall–Kier alpha value is -2.19. The molecule has 1 aromatic heterocycles. The number of aromatic nitrogens is 2. The van der Waals surface area contributed by atoms with Gasteiger partial charge in [0, 0.05) is 23.4 Å². The zero-order valence-corrected chi connectivity index (χ0v) is 17.2. The lowest BCUT2D eigenvalue weighted by Gasteiger charge is -2.40. The van der Waals surface area contributed by atoms with Crippen molar-refractivity contribution in [1.29, 1.82) is 0 Å². The smallest absolute Gasteiger partial charge is 0.284 e. The molecule has 2 aliphatic rings. The molecule has 0 radical (unpaired) electrons. The van der Waals surface area contributed by atoms with Gasteiger partial charge in [-0.2, -0.15) is 26.3 Å². The lowest BCUT2D eigenvalue weighted by Crippen LogP contribution is -2.41. The van der Waals surface area contributed by atoms with Crippen LogP contribution >= 0.6 is 0 Å². The van der Waals surface area contributed by atoms with Crippen LogP contribution in [0.3, 0.4) is 0 Å². The first kappa shape index (κ1) is 21.1. The van der Waals surface area contributed by atoms with Crippen LogP contribution < -0.4 is 5.56 Å². The first-order valence-corrected chi connectivity index (χ1v) is 9.60. The minimum Gasteiger partial charge on any atom is -0.284 e. The third-order valence-electron chi connectivity index (χ3n) is 8.08. The van der Waals surface area contributed by atoms with E-state index in [9.17, 15) is 31.1 Å². The lowest BCUT2D eigenvalue weighted by atomic mass is 9.64. The fourth-order valence-corrected chi connectivity index (χ4v) is 5.72. The molecule has 2 bridgehead atoms. The summed E-state index contributed by atoms with van der Waals surface area (Å²) in [6, 6.07) is 1.20. The molecule has 1 aromatic carbocycles. The highest BCUT2D eigenvalue weighted by Crippen LogP contribution is 2.70. The Morgan fingerprint density at radius 3 is 1.97 bits per heavy atom. The van der Waals surface area contributed by atoms with Crippen molar-refractivity contribution in [2.24, 2.45) is 12.5 Å². The van der Waals surface area contributed by atoms with Gasteiger partial charge in [0.2, 0.25) is 0 Å². The molecule has 4 rings (SSSR count). The predicted octanol–water partition coefficient (Wildman–Crippen LogP) is 5.56. The quantitative estimate of drug-likeness (QED) is 0.542. The number of halogens is 6. The molecule has 0 spiro atoms. The molecule has 0 amide bonds.